The second kappa shape index (κ2) is 13.3. The van der Waals surface area contributed by atoms with E-state index in [0.29, 0.717) is 19.6 Å². The summed E-state index contributed by atoms with van der Waals surface area (Å²) in [7, 11) is 1.70. The number of nitrogens with zero attached hydrogens (tertiary/aromatic N) is 3. The van der Waals surface area contributed by atoms with Gasteiger partial charge in [0.25, 0.3) is 0 Å². The Labute approximate surface area is 213 Å². The summed E-state index contributed by atoms with van der Waals surface area (Å²) in [5.41, 5.74) is 5.57. The predicted octanol–water partition coefficient (Wildman–Crippen LogP) is 4.74. The van der Waals surface area contributed by atoms with Crippen molar-refractivity contribution in [3.8, 4) is 0 Å². The molecule has 4 rings (SSSR count). The summed E-state index contributed by atoms with van der Waals surface area (Å²) in [6.07, 6.45) is 10.2. The van der Waals surface area contributed by atoms with E-state index in [1.165, 1.54) is 36.2 Å². The van der Waals surface area contributed by atoms with Crippen LogP contribution in [0.3, 0.4) is 0 Å². The average molecular weight is 491 g/mol. The molecular formula is C29H38N4O3. The molecule has 2 N–H and O–H groups in total. The Balaban J connectivity index is 1.29. The van der Waals surface area contributed by atoms with Crippen LogP contribution in [-0.4, -0.2) is 65.3 Å². The van der Waals surface area contributed by atoms with Gasteiger partial charge in [-0.15, -0.1) is 0 Å². The quantitative estimate of drug-likeness (QED) is 0.316. The van der Waals surface area contributed by atoms with E-state index in [9.17, 15) is 9.90 Å². The highest BCUT2D eigenvalue weighted by atomic mass is 16.5. The first kappa shape index (κ1) is 26.0. The van der Waals surface area contributed by atoms with E-state index in [-0.39, 0.29) is 0 Å². The summed E-state index contributed by atoms with van der Waals surface area (Å²) in [5, 5.41) is 14.1. The second-order valence-corrected chi connectivity index (χ2v) is 9.61. The maximum atomic E-state index is 12.1. The lowest BCUT2D eigenvalue weighted by Crippen LogP contribution is -2.36. The van der Waals surface area contributed by atoms with Gasteiger partial charge in [0.05, 0.1) is 12.1 Å². The van der Waals surface area contributed by atoms with Gasteiger partial charge in [-0.1, -0.05) is 12.1 Å². The van der Waals surface area contributed by atoms with E-state index >= 15 is 0 Å². The van der Waals surface area contributed by atoms with Crippen LogP contribution in [0.5, 0.6) is 0 Å². The van der Waals surface area contributed by atoms with E-state index in [4.69, 9.17) is 9.72 Å². The molecule has 0 bridgehead atoms. The van der Waals surface area contributed by atoms with Gasteiger partial charge in [-0.05, 0) is 93.8 Å². The van der Waals surface area contributed by atoms with Crippen LogP contribution in [0, 0.1) is 0 Å². The number of aryl methyl sites for hydroxylation is 3. The molecule has 1 atom stereocenters. The van der Waals surface area contributed by atoms with E-state index in [1.807, 2.05) is 30.3 Å². The number of nitrogens with one attached hydrogen (secondary N) is 1. The number of aliphatic carboxylic acids is 1. The molecule has 7 heteroatoms. The zero-order chi connectivity index (χ0) is 25.2. The fraction of sp³-hybridized carbons (Fsp3) is 0.483. The highest BCUT2D eigenvalue weighted by molar-refractivity contribution is 5.92. The van der Waals surface area contributed by atoms with Gasteiger partial charge in [0.1, 0.15) is 6.04 Å². The van der Waals surface area contributed by atoms with Crippen molar-refractivity contribution in [1.29, 1.82) is 0 Å². The molecular weight excluding hydrogens is 452 g/mol. The molecule has 0 unspecified atom stereocenters. The Morgan fingerprint density at radius 2 is 1.97 bits per heavy atom. The number of carboxylic acids is 1. The maximum Gasteiger partial charge on any atom is 0.326 e. The lowest BCUT2D eigenvalue weighted by molar-refractivity contribution is -0.138. The van der Waals surface area contributed by atoms with Crippen LogP contribution in [0.1, 0.15) is 49.1 Å². The first-order chi connectivity index (χ1) is 17.6. The van der Waals surface area contributed by atoms with Crippen molar-refractivity contribution < 1.29 is 14.6 Å². The van der Waals surface area contributed by atoms with Crippen molar-refractivity contribution in [3.63, 3.8) is 0 Å². The Hall–Kier alpha value is -3.03. The van der Waals surface area contributed by atoms with Gasteiger partial charge in [-0.2, -0.15) is 0 Å². The van der Waals surface area contributed by atoms with Gasteiger partial charge in [-0.3, -0.25) is 9.97 Å². The first-order valence-corrected chi connectivity index (χ1v) is 13.2. The first-order valence-electron chi connectivity index (χ1n) is 13.2. The Kier molecular flexibility index (Phi) is 9.64. The van der Waals surface area contributed by atoms with Gasteiger partial charge >= 0.3 is 5.97 Å². The lowest BCUT2D eigenvalue weighted by atomic mass is 9.95. The zero-order valence-electron chi connectivity index (χ0n) is 21.3. The molecule has 0 saturated carbocycles. The SMILES string of the molecule is COCCN(CCCCc1ccc2c(n1)CCCC2)CC[C@H](Nc1cccc2ncccc12)C(=O)O. The Morgan fingerprint density at radius 3 is 2.83 bits per heavy atom. The number of hydrogen-bond donors (Lipinski definition) is 2. The van der Waals surface area contributed by atoms with Crippen LogP contribution in [-0.2, 0) is 28.8 Å². The topological polar surface area (TPSA) is 87.6 Å². The van der Waals surface area contributed by atoms with E-state index in [2.05, 4.69) is 27.3 Å². The van der Waals surface area contributed by atoms with Crippen molar-refractivity contribution in [1.82, 2.24) is 14.9 Å². The number of aromatic nitrogens is 2. The normalized spacial score (nSPS) is 14.1. The minimum atomic E-state index is -0.846. The van der Waals surface area contributed by atoms with Crippen LogP contribution < -0.4 is 5.32 Å². The number of pyridine rings is 2. The molecule has 0 fully saturated rings. The van der Waals surface area contributed by atoms with Gasteiger partial charge < -0.3 is 20.1 Å². The van der Waals surface area contributed by atoms with Gasteiger partial charge in [0.15, 0.2) is 0 Å². The van der Waals surface area contributed by atoms with Crippen molar-refractivity contribution >= 4 is 22.6 Å². The largest absolute Gasteiger partial charge is 0.480 e. The third-order valence-electron chi connectivity index (χ3n) is 7.01. The summed E-state index contributed by atoms with van der Waals surface area (Å²) in [4.78, 5) is 23.7. The number of anilines is 1. The Bertz CT molecular complexity index is 1130. The van der Waals surface area contributed by atoms with Gasteiger partial charge in [-0.25, -0.2) is 4.79 Å². The van der Waals surface area contributed by atoms with Crippen LogP contribution >= 0.6 is 0 Å². The lowest BCUT2D eigenvalue weighted by Gasteiger charge is -2.25. The number of rotatable bonds is 14. The van der Waals surface area contributed by atoms with Crippen LogP contribution in [0.4, 0.5) is 5.69 Å². The molecule has 2 heterocycles. The number of hydrogen-bond acceptors (Lipinski definition) is 6. The molecule has 1 aliphatic carbocycles. The van der Waals surface area contributed by atoms with Gasteiger partial charge in [0.2, 0.25) is 0 Å². The number of unbranched alkanes of at least 4 members (excludes halogenated alkanes) is 1. The smallest absolute Gasteiger partial charge is 0.326 e. The number of benzene rings is 1. The number of carbonyl (C=O) groups is 1. The second-order valence-electron chi connectivity index (χ2n) is 9.61. The molecule has 3 aromatic rings. The standard InChI is InChI=1S/C29H38N4O3/c1-36-21-20-33(18-5-4-9-23-15-14-22-8-2-3-11-25(22)31-23)19-16-28(29(34)35)32-27-13-6-12-26-24(27)10-7-17-30-26/h6-7,10,12-15,17,28,32H,2-5,8-9,11,16,18-21H2,1H3,(H,34,35)/t28-/m0/s1. The summed E-state index contributed by atoms with van der Waals surface area (Å²) in [5.74, 6) is -0.846. The predicted molar refractivity (Wildman–Crippen MR) is 144 cm³/mol. The molecule has 0 amide bonds. The van der Waals surface area contributed by atoms with Gasteiger partial charge in [0, 0.05) is 48.9 Å². The Morgan fingerprint density at radius 1 is 1.08 bits per heavy atom. The number of fused-ring (bicyclic) bond motifs is 2. The number of carboxylic acid groups (broad SMARTS) is 1. The summed E-state index contributed by atoms with van der Waals surface area (Å²) >= 11 is 0. The van der Waals surface area contributed by atoms with Crippen molar-refractivity contribution in [2.24, 2.45) is 0 Å². The molecule has 7 nitrogen and oxygen atoms in total. The van der Waals surface area contributed by atoms with E-state index < -0.39 is 12.0 Å². The summed E-state index contributed by atoms with van der Waals surface area (Å²) in [6, 6.07) is 13.4. The van der Waals surface area contributed by atoms with E-state index in [1.54, 1.807) is 13.3 Å². The number of methoxy groups -OCH3 is 1. The third-order valence-corrected chi connectivity index (χ3v) is 7.01. The molecule has 0 aliphatic heterocycles. The average Bonchev–Trinajstić information content (AvgIpc) is 2.91. The van der Waals surface area contributed by atoms with Crippen molar-refractivity contribution in [3.05, 3.63) is 65.6 Å². The molecule has 36 heavy (non-hydrogen) atoms. The van der Waals surface area contributed by atoms with Crippen LogP contribution in [0.15, 0.2) is 48.7 Å². The molecule has 0 radical (unpaired) electrons. The highest BCUT2D eigenvalue weighted by Crippen LogP contribution is 2.23. The van der Waals surface area contributed by atoms with Crippen molar-refractivity contribution in [2.75, 3.05) is 38.7 Å². The molecule has 0 saturated heterocycles. The monoisotopic (exact) mass is 490 g/mol. The fourth-order valence-electron chi connectivity index (χ4n) is 4.95. The maximum absolute atomic E-state index is 12.1. The third kappa shape index (κ3) is 7.24. The molecule has 2 aromatic heterocycles. The molecule has 192 valence electrons. The fourth-order valence-corrected chi connectivity index (χ4v) is 4.95. The minimum absolute atomic E-state index is 0.502. The van der Waals surface area contributed by atoms with Crippen LogP contribution in [0.2, 0.25) is 0 Å². The minimum Gasteiger partial charge on any atom is -0.480 e. The molecule has 1 aliphatic rings. The van der Waals surface area contributed by atoms with Crippen LogP contribution in [0.25, 0.3) is 10.9 Å². The number of ether oxygens (including phenoxy) is 1. The summed E-state index contributed by atoms with van der Waals surface area (Å²) in [6.45, 7) is 3.02. The zero-order valence-corrected chi connectivity index (χ0v) is 21.3. The molecule has 1 aromatic carbocycles. The van der Waals surface area contributed by atoms with E-state index in [0.717, 1.165) is 55.4 Å². The van der Waals surface area contributed by atoms with Crippen molar-refractivity contribution in [2.45, 2.75) is 57.4 Å². The molecule has 0 spiro atoms. The summed E-state index contributed by atoms with van der Waals surface area (Å²) < 4.78 is 5.31. The highest BCUT2D eigenvalue weighted by Gasteiger charge is 2.20.